The molecule has 0 radical (unpaired) electrons. The van der Waals surface area contributed by atoms with Crippen molar-refractivity contribution in [3.63, 3.8) is 0 Å². The number of amides is 1. The largest absolute Gasteiger partial charge is 0.417 e. The number of hydrogen-bond acceptors (Lipinski definition) is 5. The molecule has 0 bridgehead atoms. The van der Waals surface area contributed by atoms with Crippen molar-refractivity contribution in [2.75, 3.05) is 30.3 Å². The Balaban J connectivity index is 1.37. The summed E-state index contributed by atoms with van der Waals surface area (Å²) in [6.45, 7) is 3.68. The molecule has 1 aliphatic rings. The minimum Gasteiger partial charge on any atom is -0.402 e. The van der Waals surface area contributed by atoms with Gasteiger partial charge in [-0.25, -0.2) is 4.79 Å². The average Bonchev–Trinajstić information content (AvgIpc) is 3.30. The Kier molecular flexibility index (Phi) is 7.19. The van der Waals surface area contributed by atoms with Crippen molar-refractivity contribution in [2.24, 2.45) is 0 Å². The van der Waals surface area contributed by atoms with E-state index >= 15 is 0 Å². The zero-order valence-electron chi connectivity index (χ0n) is 18.0. The lowest BCUT2D eigenvalue weighted by Crippen LogP contribution is -2.23. The number of hydrogen-bond donors (Lipinski definition) is 3. The Morgan fingerprint density at radius 1 is 1.00 bits per heavy atom. The van der Waals surface area contributed by atoms with Gasteiger partial charge in [0.2, 0.25) is 5.75 Å². The summed E-state index contributed by atoms with van der Waals surface area (Å²) in [4.78, 5) is 29.8. The van der Waals surface area contributed by atoms with E-state index in [4.69, 9.17) is 4.74 Å². The van der Waals surface area contributed by atoms with Crippen LogP contribution >= 0.6 is 0 Å². The van der Waals surface area contributed by atoms with E-state index in [1.54, 1.807) is 6.07 Å². The van der Waals surface area contributed by atoms with E-state index in [-0.39, 0.29) is 5.75 Å². The molecule has 0 unspecified atom stereocenters. The third kappa shape index (κ3) is 5.98. The minimum atomic E-state index is -0.703. The maximum atomic E-state index is 12.5. The number of likely N-dealkylation sites (tertiary alicyclic amines) is 1. The Morgan fingerprint density at radius 3 is 2.59 bits per heavy atom. The molecule has 2 heterocycles. The van der Waals surface area contributed by atoms with Gasteiger partial charge in [-0.1, -0.05) is 42.5 Å². The number of nitrogens with zero attached hydrogens (tertiary/aromatic N) is 1. The molecule has 0 atom stereocenters. The van der Waals surface area contributed by atoms with Gasteiger partial charge in [-0.05, 0) is 61.7 Å². The first kappa shape index (κ1) is 21.6. The molecular formula is C25H28N4O3. The zero-order chi connectivity index (χ0) is 22.2. The Hall–Kier alpha value is -3.58. The van der Waals surface area contributed by atoms with Crippen molar-refractivity contribution < 1.29 is 9.53 Å². The quantitative estimate of drug-likeness (QED) is 0.496. The summed E-state index contributed by atoms with van der Waals surface area (Å²) < 4.78 is 5.39. The highest BCUT2D eigenvalue weighted by atomic mass is 16.6. The number of benzene rings is 2. The van der Waals surface area contributed by atoms with E-state index in [1.165, 1.54) is 24.6 Å². The van der Waals surface area contributed by atoms with Gasteiger partial charge < -0.3 is 15.0 Å². The second-order valence-electron chi connectivity index (χ2n) is 7.91. The molecule has 3 N–H and O–H groups in total. The van der Waals surface area contributed by atoms with E-state index in [9.17, 15) is 9.59 Å². The number of carbonyl (C=O) groups excluding carboxylic acids is 1. The number of anilines is 2. The molecule has 1 fully saturated rings. The second kappa shape index (κ2) is 10.6. The summed E-state index contributed by atoms with van der Waals surface area (Å²) in [5, 5.41) is 5.92. The predicted octanol–water partition coefficient (Wildman–Crippen LogP) is 4.24. The SMILES string of the molecule is O=C(Nc1cccc(CN2CCCC2)c1)Oc1c(NCCc2ccccc2)cc[nH]c1=O. The maximum absolute atomic E-state index is 12.5. The van der Waals surface area contributed by atoms with Crippen molar-refractivity contribution in [3.8, 4) is 5.75 Å². The normalized spacial score (nSPS) is 13.6. The predicted molar refractivity (Wildman–Crippen MR) is 126 cm³/mol. The number of pyridine rings is 1. The van der Waals surface area contributed by atoms with Crippen molar-refractivity contribution in [3.05, 3.63) is 88.3 Å². The number of ether oxygens (including phenoxy) is 1. The van der Waals surface area contributed by atoms with Crippen molar-refractivity contribution in [1.29, 1.82) is 0 Å². The molecule has 7 heteroatoms. The van der Waals surface area contributed by atoms with E-state index < -0.39 is 11.7 Å². The number of nitrogens with one attached hydrogen (secondary N) is 3. The zero-order valence-corrected chi connectivity index (χ0v) is 18.0. The maximum Gasteiger partial charge on any atom is 0.417 e. The fourth-order valence-electron chi connectivity index (χ4n) is 3.87. The summed E-state index contributed by atoms with van der Waals surface area (Å²) in [7, 11) is 0. The van der Waals surface area contributed by atoms with Gasteiger partial charge in [0.1, 0.15) is 0 Å². The average molecular weight is 433 g/mol. The first-order valence-electron chi connectivity index (χ1n) is 11.0. The Morgan fingerprint density at radius 2 is 1.78 bits per heavy atom. The second-order valence-corrected chi connectivity index (χ2v) is 7.91. The lowest BCUT2D eigenvalue weighted by atomic mass is 10.1. The topological polar surface area (TPSA) is 86.5 Å². The van der Waals surface area contributed by atoms with Crippen LogP contribution in [0.15, 0.2) is 71.7 Å². The van der Waals surface area contributed by atoms with Crippen LogP contribution < -0.4 is 20.9 Å². The summed E-state index contributed by atoms with van der Waals surface area (Å²) in [6, 6.07) is 19.4. The highest BCUT2D eigenvalue weighted by molar-refractivity contribution is 5.87. The van der Waals surface area contributed by atoms with Gasteiger partial charge in [0.05, 0.1) is 5.69 Å². The van der Waals surface area contributed by atoms with E-state index in [0.29, 0.717) is 17.9 Å². The van der Waals surface area contributed by atoms with E-state index in [0.717, 1.165) is 31.6 Å². The van der Waals surface area contributed by atoms with Crippen molar-refractivity contribution >= 4 is 17.5 Å². The van der Waals surface area contributed by atoms with Crippen molar-refractivity contribution in [2.45, 2.75) is 25.8 Å². The lowest BCUT2D eigenvalue weighted by molar-refractivity contribution is 0.214. The first-order chi connectivity index (χ1) is 15.7. The molecule has 0 saturated carbocycles. The molecule has 0 spiro atoms. The standard InChI is InChI=1S/C25H28N4O3/c30-24-23(22(12-14-27-24)26-13-11-19-7-2-1-3-8-19)32-25(31)28-21-10-6-9-20(17-21)18-29-15-4-5-16-29/h1-3,6-10,12,14,17H,4-5,11,13,15-16,18H2,(H,28,31)(H2,26,27,30). The molecule has 2 aromatic carbocycles. The molecule has 4 rings (SSSR count). The van der Waals surface area contributed by atoms with Crippen LogP contribution in [0.25, 0.3) is 0 Å². The summed E-state index contributed by atoms with van der Waals surface area (Å²) in [5.74, 6) is -0.0497. The highest BCUT2D eigenvalue weighted by Crippen LogP contribution is 2.20. The van der Waals surface area contributed by atoms with Crippen molar-refractivity contribution in [1.82, 2.24) is 9.88 Å². The molecule has 166 valence electrons. The minimum absolute atomic E-state index is 0.0497. The fourth-order valence-corrected chi connectivity index (χ4v) is 3.87. The first-order valence-corrected chi connectivity index (χ1v) is 11.0. The fraction of sp³-hybridized carbons (Fsp3) is 0.280. The molecule has 7 nitrogen and oxygen atoms in total. The molecule has 3 aromatic rings. The molecule has 1 aromatic heterocycles. The molecule has 1 aliphatic heterocycles. The number of aromatic amines is 1. The van der Waals surface area contributed by atoms with Crippen LogP contribution in [-0.2, 0) is 13.0 Å². The van der Waals surface area contributed by atoms with Gasteiger partial charge in [0, 0.05) is 25.0 Å². The van der Waals surface area contributed by atoms with Crippen LogP contribution in [0.5, 0.6) is 5.75 Å². The van der Waals surface area contributed by atoms with Gasteiger partial charge in [-0.3, -0.25) is 15.0 Å². The van der Waals surface area contributed by atoms with Gasteiger partial charge in [0.15, 0.2) is 0 Å². The van der Waals surface area contributed by atoms with Crippen LogP contribution in [0.2, 0.25) is 0 Å². The van der Waals surface area contributed by atoms with Gasteiger partial charge >= 0.3 is 6.09 Å². The summed E-state index contributed by atoms with van der Waals surface area (Å²) in [5.41, 5.74) is 2.96. The lowest BCUT2D eigenvalue weighted by Gasteiger charge is -2.15. The highest BCUT2D eigenvalue weighted by Gasteiger charge is 2.15. The van der Waals surface area contributed by atoms with Crippen LogP contribution in [0.1, 0.15) is 24.0 Å². The smallest absolute Gasteiger partial charge is 0.402 e. The van der Waals surface area contributed by atoms with E-state index in [2.05, 4.69) is 20.5 Å². The summed E-state index contributed by atoms with van der Waals surface area (Å²) in [6.07, 6.45) is 4.07. The third-order valence-corrected chi connectivity index (χ3v) is 5.46. The Labute approximate surface area is 187 Å². The number of H-pyrrole nitrogens is 1. The number of rotatable bonds is 8. The van der Waals surface area contributed by atoms with Crippen LogP contribution in [0.4, 0.5) is 16.2 Å². The molecule has 32 heavy (non-hydrogen) atoms. The van der Waals surface area contributed by atoms with Gasteiger partial charge in [-0.2, -0.15) is 0 Å². The number of aromatic nitrogens is 1. The Bertz CT molecular complexity index is 1090. The van der Waals surface area contributed by atoms with Crippen LogP contribution in [0, 0.1) is 0 Å². The van der Waals surface area contributed by atoms with E-state index in [1.807, 2.05) is 54.6 Å². The molecule has 1 amide bonds. The molecule has 1 saturated heterocycles. The molecule has 0 aliphatic carbocycles. The van der Waals surface area contributed by atoms with Crippen LogP contribution in [0.3, 0.4) is 0 Å². The van der Waals surface area contributed by atoms with Gasteiger partial charge in [0.25, 0.3) is 5.56 Å². The number of carbonyl (C=O) groups is 1. The van der Waals surface area contributed by atoms with Crippen LogP contribution in [-0.4, -0.2) is 35.6 Å². The molecular weight excluding hydrogens is 404 g/mol. The third-order valence-electron chi connectivity index (χ3n) is 5.46. The monoisotopic (exact) mass is 432 g/mol. The van der Waals surface area contributed by atoms with Gasteiger partial charge in [-0.15, -0.1) is 0 Å². The summed E-state index contributed by atoms with van der Waals surface area (Å²) >= 11 is 0.